The number of carbonyl (C=O) groups is 1. The molecule has 0 spiro atoms. The Labute approximate surface area is 168 Å². The van der Waals surface area contributed by atoms with E-state index in [2.05, 4.69) is 20.6 Å². The van der Waals surface area contributed by atoms with E-state index in [0.717, 1.165) is 11.3 Å². The molecule has 2 aromatic carbocycles. The number of nitrogens with zero attached hydrogens (tertiary/aromatic N) is 2. The van der Waals surface area contributed by atoms with Crippen LogP contribution >= 0.6 is 11.6 Å². The molecule has 1 amide bonds. The summed E-state index contributed by atoms with van der Waals surface area (Å²) in [6.45, 7) is 4.49. The van der Waals surface area contributed by atoms with E-state index in [0.29, 0.717) is 28.8 Å². The molecule has 7 heteroatoms. The number of benzene rings is 2. The summed E-state index contributed by atoms with van der Waals surface area (Å²) in [6, 6.07) is 14.7. The topological polar surface area (TPSA) is 76.1 Å². The molecule has 28 heavy (non-hydrogen) atoms. The van der Waals surface area contributed by atoms with E-state index in [-0.39, 0.29) is 12.0 Å². The van der Waals surface area contributed by atoms with Gasteiger partial charge in [-0.25, -0.2) is 9.97 Å². The van der Waals surface area contributed by atoms with Crippen LogP contribution in [0, 0.1) is 0 Å². The lowest BCUT2D eigenvalue weighted by atomic mass is 10.2. The maximum atomic E-state index is 12.3. The minimum Gasteiger partial charge on any atom is -0.491 e. The van der Waals surface area contributed by atoms with Gasteiger partial charge in [0.05, 0.1) is 11.7 Å². The first-order valence-electron chi connectivity index (χ1n) is 8.88. The molecule has 0 bridgehead atoms. The third kappa shape index (κ3) is 5.69. The summed E-state index contributed by atoms with van der Waals surface area (Å²) in [4.78, 5) is 20.7. The van der Waals surface area contributed by atoms with Gasteiger partial charge in [-0.2, -0.15) is 0 Å². The monoisotopic (exact) mass is 396 g/mol. The molecule has 0 atom stereocenters. The van der Waals surface area contributed by atoms with Gasteiger partial charge in [-0.05, 0) is 55.8 Å². The summed E-state index contributed by atoms with van der Waals surface area (Å²) in [5.41, 5.74) is 2.10. The molecule has 6 nitrogen and oxygen atoms in total. The summed E-state index contributed by atoms with van der Waals surface area (Å²) >= 11 is 5.87. The SMILES string of the molecule is CC(C)Oc1ccc(NC(=O)c2cnc(NCc3ccc(Cl)cc3)nc2)cc1. The second-order valence-corrected chi connectivity index (χ2v) is 6.86. The number of hydrogen-bond donors (Lipinski definition) is 2. The van der Waals surface area contributed by atoms with Crippen molar-refractivity contribution in [1.29, 1.82) is 0 Å². The normalized spacial score (nSPS) is 10.6. The van der Waals surface area contributed by atoms with Gasteiger partial charge in [0.25, 0.3) is 5.91 Å². The van der Waals surface area contributed by atoms with E-state index in [1.165, 1.54) is 12.4 Å². The van der Waals surface area contributed by atoms with E-state index in [4.69, 9.17) is 16.3 Å². The van der Waals surface area contributed by atoms with Crippen molar-refractivity contribution in [3.05, 3.63) is 77.1 Å². The number of nitrogens with one attached hydrogen (secondary N) is 2. The highest BCUT2D eigenvalue weighted by molar-refractivity contribution is 6.30. The Morgan fingerprint density at radius 3 is 2.29 bits per heavy atom. The number of anilines is 2. The smallest absolute Gasteiger partial charge is 0.258 e. The Balaban J connectivity index is 1.55. The zero-order valence-corrected chi connectivity index (χ0v) is 16.4. The molecular weight excluding hydrogens is 376 g/mol. The van der Waals surface area contributed by atoms with Gasteiger partial charge in [0, 0.05) is 29.6 Å². The third-order valence-electron chi connectivity index (χ3n) is 3.76. The second-order valence-electron chi connectivity index (χ2n) is 6.42. The van der Waals surface area contributed by atoms with Crippen LogP contribution in [0.4, 0.5) is 11.6 Å². The van der Waals surface area contributed by atoms with Crippen molar-refractivity contribution in [3.8, 4) is 5.75 Å². The molecule has 0 aliphatic rings. The van der Waals surface area contributed by atoms with Gasteiger partial charge in [-0.1, -0.05) is 23.7 Å². The molecule has 0 aliphatic heterocycles. The molecule has 0 aliphatic carbocycles. The number of carbonyl (C=O) groups excluding carboxylic acids is 1. The van der Waals surface area contributed by atoms with Gasteiger partial charge in [-0.15, -0.1) is 0 Å². The van der Waals surface area contributed by atoms with Gasteiger partial charge in [0.1, 0.15) is 5.75 Å². The first-order chi connectivity index (χ1) is 13.5. The van der Waals surface area contributed by atoms with Gasteiger partial charge in [0.2, 0.25) is 5.95 Å². The van der Waals surface area contributed by atoms with Crippen LogP contribution in [-0.4, -0.2) is 22.0 Å². The number of ether oxygens (including phenoxy) is 1. The van der Waals surface area contributed by atoms with Crippen LogP contribution in [-0.2, 0) is 6.54 Å². The van der Waals surface area contributed by atoms with Crippen molar-refractivity contribution < 1.29 is 9.53 Å². The molecule has 0 saturated carbocycles. The van der Waals surface area contributed by atoms with Crippen molar-refractivity contribution in [3.63, 3.8) is 0 Å². The fourth-order valence-electron chi connectivity index (χ4n) is 2.41. The van der Waals surface area contributed by atoms with Gasteiger partial charge < -0.3 is 15.4 Å². The van der Waals surface area contributed by atoms with Crippen LogP contribution in [0.3, 0.4) is 0 Å². The Morgan fingerprint density at radius 1 is 1.04 bits per heavy atom. The highest BCUT2D eigenvalue weighted by Crippen LogP contribution is 2.17. The molecule has 3 aromatic rings. The molecule has 3 rings (SSSR count). The standard InChI is InChI=1S/C21H21ClN4O2/c1-14(2)28-19-9-7-18(8-10-19)26-20(27)16-12-24-21(25-13-16)23-11-15-3-5-17(22)6-4-15/h3-10,12-14H,11H2,1-2H3,(H,26,27)(H,23,24,25). The van der Waals surface area contributed by atoms with Crippen LogP contribution in [0.2, 0.25) is 5.02 Å². The van der Waals surface area contributed by atoms with Crippen LogP contribution < -0.4 is 15.4 Å². The fraction of sp³-hybridized carbons (Fsp3) is 0.190. The largest absolute Gasteiger partial charge is 0.491 e. The van der Waals surface area contributed by atoms with E-state index < -0.39 is 0 Å². The van der Waals surface area contributed by atoms with Crippen LogP contribution in [0.25, 0.3) is 0 Å². The quantitative estimate of drug-likeness (QED) is 0.601. The predicted octanol–water partition coefficient (Wildman–Crippen LogP) is 4.78. The lowest BCUT2D eigenvalue weighted by molar-refractivity contribution is 0.102. The molecule has 0 saturated heterocycles. The van der Waals surface area contributed by atoms with Crippen LogP contribution in [0.5, 0.6) is 5.75 Å². The zero-order valence-electron chi connectivity index (χ0n) is 15.6. The summed E-state index contributed by atoms with van der Waals surface area (Å²) in [6.07, 6.45) is 3.08. The summed E-state index contributed by atoms with van der Waals surface area (Å²) in [5.74, 6) is 0.927. The summed E-state index contributed by atoms with van der Waals surface area (Å²) in [7, 11) is 0. The number of hydrogen-bond acceptors (Lipinski definition) is 5. The fourth-order valence-corrected chi connectivity index (χ4v) is 2.54. The highest BCUT2D eigenvalue weighted by Gasteiger charge is 2.08. The van der Waals surface area contributed by atoms with Gasteiger partial charge >= 0.3 is 0 Å². The van der Waals surface area contributed by atoms with Crippen molar-refractivity contribution in [2.75, 3.05) is 10.6 Å². The van der Waals surface area contributed by atoms with Crippen LogP contribution in [0.15, 0.2) is 60.9 Å². The minimum atomic E-state index is -0.276. The van der Waals surface area contributed by atoms with E-state index >= 15 is 0 Å². The number of aromatic nitrogens is 2. The predicted molar refractivity (Wildman–Crippen MR) is 111 cm³/mol. The third-order valence-corrected chi connectivity index (χ3v) is 4.01. The Bertz CT molecular complexity index is 911. The molecule has 144 valence electrons. The molecule has 0 unspecified atom stereocenters. The lowest BCUT2D eigenvalue weighted by Crippen LogP contribution is -2.13. The van der Waals surface area contributed by atoms with Gasteiger partial charge in [-0.3, -0.25) is 4.79 Å². The van der Waals surface area contributed by atoms with Crippen molar-refractivity contribution in [2.45, 2.75) is 26.5 Å². The summed E-state index contributed by atoms with van der Waals surface area (Å²) in [5, 5.41) is 6.61. The summed E-state index contributed by atoms with van der Waals surface area (Å²) < 4.78 is 5.59. The Kier molecular flexibility index (Phi) is 6.45. The molecule has 0 radical (unpaired) electrons. The number of amides is 1. The van der Waals surface area contributed by atoms with Gasteiger partial charge in [0.15, 0.2) is 0 Å². The van der Waals surface area contributed by atoms with Crippen LogP contribution in [0.1, 0.15) is 29.8 Å². The van der Waals surface area contributed by atoms with Crippen molar-refractivity contribution in [1.82, 2.24) is 9.97 Å². The van der Waals surface area contributed by atoms with E-state index in [1.807, 2.05) is 50.2 Å². The number of halogens is 1. The first-order valence-corrected chi connectivity index (χ1v) is 9.26. The zero-order chi connectivity index (χ0) is 19.9. The van der Waals surface area contributed by atoms with Crippen molar-refractivity contribution in [2.24, 2.45) is 0 Å². The molecule has 0 fully saturated rings. The molecular formula is C21H21ClN4O2. The minimum absolute atomic E-state index is 0.101. The Morgan fingerprint density at radius 2 is 1.68 bits per heavy atom. The average Bonchev–Trinajstić information content (AvgIpc) is 2.69. The maximum absolute atomic E-state index is 12.3. The highest BCUT2D eigenvalue weighted by atomic mass is 35.5. The van der Waals surface area contributed by atoms with E-state index in [1.54, 1.807) is 12.1 Å². The maximum Gasteiger partial charge on any atom is 0.258 e. The Hall–Kier alpha value is -3.12. The molecule has 1 aromatic heterocycles. The lowest BCUT2D eigenvalue weighted by Gasteiger charge is -2.10. The average molecular weight is 397 g/mol. The second kappa shape index (κ2) is 9.19. The van der Waals surface area contributed by atoms with E-state index in [9.17, 15) is 4.79 Å². The first kappa shape index (κ1) is 19.6. The molecule has 2 N–H and O–H groups in total. The van der Waals surface area contributed by atoms with Crippen molar-refractivity contribution >= 4 is 29.1 Å². The number of rotatable bonds is 7. The molecule has 1 heterocycles.